The molecule has 1 aliphatic carbocycles. The first-order valence-electron chi connectivity index (χ1n) is 11.9. The number of carbonyl (C=O) groups is 1. The second-order valence-corrected chi connectivity index (χ2v) is 11.6. The molecule has 0 aromatic heterocycles. The monoisotopic (exact) mass is 491 g/mol. The lowest BCUT2D eigenvalue weighted by Crippen LogP contribution is -2.50. The Kier molecular flexibility index (Phi) is 8.63. The molecule has 1 aliphatic heterocycles. The number of nitrogens with zero attached hydrogens (tertiary/aromatic N) is 3. The van der Waals surface area contributed by atoms with Gasteiger partial charge in [0.1, 0.15) is 16.7 Å². The molecular formula is C25H37N3O5S. The zero-order valence-electron chi connectivity index (χ0n) is 20.8. The molecule has 0 spiro atoms. The van der Waals surface area contributed by atoms with Gasteiger partial charge in [-0.3, -0.25) is 9.69 Å². The Morgan fingerprint density at radius 3 is 2.59 bits per heavy atom. The van der Waals surface area contributed by atoms with Gasteiger partial charge >= 0.3 is 0 Å². The number of sulfonamides is 1. The number of ether oxygens (including phenoxy) is 1. The van der Waals surface area contributed by atoms with Crippen LogP contribution in [0.1, 0.15) is 38.7 Å². The number of hydrogen-bond acceptors (Lipinski definition) is 6. The first-order valence-corrected chi connectivity index (χ1v) is 13.3. The molecule has 188 valence electrons. The first kappa shape index (κ1) is 26.5. The normalized spacial score (nSPS) is 23.4. The van der Waals surface area contributed by atoms with Gasteiger partial charge in [0, 0.05) is 37.0 Å². The third-order valence-corrected chi connectivity index (χ3v) is 8.60. The highest BCUT2D eigenvalue weighted by Crippen LogP contribution is 2.34. The smallest absolute Gasteiger partial charge is 0.247 e. The lowest BCUT2D eigenvalue weighted by atomic mass is 9.84. The molecule has 1 N–H and O–H groups in total. The molecular weight excluding hydrogens is 454 g/mol. The molecule has 0 saturated heterocycles. The van der Waals surface area contributed by atoms with Crippen LogP contribution >= 0.6 is 0 Å². The van der Waals surface area contributed by atoms with Crippen molar-refractivity contribution >= 4 is 15.9 Å². The van der Waals surface area contributed by atoms with Gasteiger partial charge in [0.2, 0.25) is 15.9 Å². The Morgan fingerprint density at radius 2 is 2.00 bits per heavy atom. The number of rotatable bonds is 6. The van der Waals surface area contributed by atoms with Gasteiger partial charge in [-0.05, 0) is 52.1 Å². The van der Waals surface area contributed by atoms with Crippen molar-refractivity contribution in [1.29, 1.82) is 0 Å². The van der Waals surface area contributed by atoms with E-state index >= 15 is 0 Å². The van der Waals surface area contributed by atoms with Crippen LogP contribution < -0.4 is 4.74 Å². The van der Waals surface area contributed by atoms with E-state index in [4.69, 9.17) is 4.74 Å². The van der Waals surface area contributed by atoms with E-state index in [1.165, 1.54) is 10.4 Å². The molecule has 1 aromatic carbocycles. The second-order valence-electron chi connectivity index (χ2n) is 9.79. The zero-order chi connectivity index (χ0) is 25.0. The molecule has 34 heavy (non-hydrogen) atoms. The zero-order valence-corrected chi connectivity index (χ0v) is 21.6. The van der Waals surface area contributed by atoms with E-state index in [1.54, 1.807) is 31.0 Å². The van der Waals surface area contributed by atoms with Gasteiger partial charge < -0.3 is 14.7 Å². The topological polar surface area (TPSA) is 90.4 Å². The van der Waals surface area contributed by atoms with Gasteiger partial charge in [-0.25, -0.2) is 8.42 Å². The predicted octanol–water partition coefficient (Wildman–Crippen LogP) is 1.63. The molecule has 2 aliphatic rings. The Labute approximate surface area is 203 Å². The van der Waals surface area contributed by atoms with E-state index in [1.807, 2.05) is 25.9 Å². The van der Waals surface area contributed by atoms with Crippen LogP contribution in [0.4, 0.5) is 0 Å². The summed E-state index contributed by atoms with van der Waals surface area (Å²) in [5, 5.41) is 9.77. The highest BCUT2D eigenvalue weighted by molar-refractivity contribution is 7.89. The van der Waals surface area contributed by atoms with Crippen LogP contribution in [-0.4, -0.2) is 93.1 Å². The van der Waals surface area contributed by atoms with Crippen molar-refractivity contribution in [2.75, 3.05) is 47.4 Å². The van der Waals surface area contributed by atoms with Crippen LogP contribution in [0.25, 0.3) is 0 Å². The van der Waals surface area contributed by atoms with Crippen molar-refractivity contribution in [2.24, 2.45) is 11.8 Å². The third-order valence-electron chi connectivity index (χ3n) is 6.58. The van der Waals surface area contributed by atoms with Gasteiger partial charge in [0.05, 0.1) is 19.7 Å². The second kappa shape index (κ2) is 11.1. The van der Waals surface area contributed by atoms with E-state index in [2.05, 4.69) is 11.8 Å². The number of carbonyl (C=O) groups excluding carboxylic acids is 1. The molecule has 1 heterocycles. The highest BCUT2D eigenvalue weighted by Gasteiger charge is 2.39. The summed E-state index contributed by atoms with van der Waals surface area (Å²) >= 11 is 0. The van der Waals surface area contributed by atoms with Gasteiger partial charge in [-0.2, -0.15) is 4.31 Å². The van der Waals surface area contributed by atoms with Crippen LogP contribution in [0, 0.1) is 23.7 Å². The summed E-state index contributed by atoms with van der Waals surface area (Å²) in [7, 11) is 1.73. The third kappa shape index (κ3) is 5.92. The van der Waals surface area contributed by atoms with Crippen molar-refractivity contribution in [1.82, 2.24) is 14.1 Å². The molecule has 3 atom stereocenters. The first-order chi connectivity index (χ1) is 16.0. The highest BCUT2D eigenvalue weighted by atomic mass is 32.2. The minimum Gasteiger partial charge on any atom is -0.487 e. The van der Waals surface area contributed by atoms with Crippen LogP contribution in [0.5, 0.6) is 5.75 Å². The number of hydrogen-bond donors (Lipinski definition) is 1. The predicted molar refractivity (Wildman–Crippen MR) is 131 cm³/mol. The summed E-state index contributed by atoms with van der Waals surface area (Å²) < 4.78 is 34.7. The van der Waals surface area contributed by atoms with E-state index in [0.29, 0.717) is 18.7 Å². The summed E-state index contributed by atoms with van der Waals surface area (Å²) in [5.74, 6) is 6.33. The number of benzene rings is 1. The summed E-state index contributed by atoms with van der Waals surface area (Å²) in [5.41, 5.74) is 0.656. The molecule has 0 radical (unpaired) electrons. The van der Waals surface area contributed by atoms with Crippen molar-refractivity contribution in [3.8, 4) is 17.6 Å². The van der Waals surface area contributed by atoms with Crippen molar-refractivity contribution in [2.45, 2.75) is 50.2 Å². The number of amides is 1. The van der Waals surface area contributed by atoms with Crippen molar-refractivity contribution in [3.05, 3.63) is 23.8 Å². The van der Waals surface area contributed by atoms with Crippen LogP contribution in [0.15, 0.2) is 23.1 Å². The lowest BCUT2D eigenvalue weighted by Gasteiger charge is -2.38. The Morgan fingerprint density at radius 1 is 1.29 bits per heavy atom. The summed E-state index contributed by atoms with van der Waals surface area (Å²) in [6.45, 7) is 4.43. The standard InChI is InChI=1S/C25H37N3O5S/c1-18-15-28(19(2)17-29)34(31,32)24-12-11-20(8-7-13-26(3)4)14-22(24)33-23(18)16-27(5)25(30)21-9-6-10-21/h11-12,14,18-19,21,23,29H,6,9-10,13,15-17H2,1-5H3/t18-,19+,23+/m0/s1. The molecule has 9 heteroatoms. The number of aliphatic hydroxyl groups excluding tert-OH is 1. The maximum Gasteiger partial charge on any atom is 0.247 e. The number of aliphatic hydroxyl groups is 1. The van der Waals surface area contributed by atoms with Gasteiger partial charge in [0.25, 0.3) is 0 Å². The van der Waals surface area contributed by atoms with Gasteiger partial charge in [0.15, 0.2) is 0 Å². The SMILES string of the molecule is C[C@H](CO)N1C[C@H](C)[C@@H](CN(C)C(=O)C2CCC2)Oc2cc(C#CCN(C)C)ccc2S1(=O)=O. The van der Waals surface area contributed by atoms with E-state index in [9.17, 15) is 18.3 Å². The Bertz CT molecular complexity index is 1040. The van der Waals surface area contributed by atoms with Crippen LogP contribution in [0.3, 0.4) is 0 Å². The van der Waals surface area contributed by atoms with E-state index in [0.717, 1.165) is 19.3 Å². The number of fused-ring (bicyclic) bond motifs is 1. The van der Waals surface area contributed by atoms with Gasteiger partial charge in [-0.15, -0.1) is 0 Å². The molecule has 1 amide bonds. The Balaban J connectivity index is 1.98. The average Bonchev–Trinajstić information content (AvgIpc) is 2.74. The van der Waals surface area contributed by atoms with Crippen molar-refractivity contribution in [3.63, 3.8) is 0 Å². The average molecular weight is 492 g/mol. The molecule has 1 aromatic rings. The molecule has 0 unspecified atom stereocenters. The molecule has 3 rings (SSSR count). The fraction of sp³-hybridized carbons (Fsp3) is 0.640. The minimum absolute atomic E-state index is 0.0517. The van der Waals surface area contributed by atoms with Crippen LogP contribution in [0.2, 0.25) is 0 Å². The van der Waals surface area contributed by atoms with E-state index in [-0.39, 0.29) is 41.5 Å². The quantitative estimate of drug-likeness (QED) is 0.609. The molecule has 1 fully saturated rings. The number of likely N-dealkylation sites (N-methyl/N-ethyl adjacent to an activating group) is 1. The minimum atomic E-state index is -3.90. The fourth-order valence-corrected chi connectivity index (χ4v) is 5.97. The summed E-state index contributed by atoms with van der Waals surface area (Å²) in [4.78, 5) is 16.5. The molecule has 1 saturated carbocycles. The lowest BCUT2D eigenvalue weighted by molar-refractivity contribution is -0.138. The van der Waals surface area contributed by atoms with E-state index < -0.39 is 22.2 Å². The molecule has 8 nitrogen and oxygen atoms in total. The summed E-state index contributed by atoms with van der Waals surface area (Å²) in [6.07, 6.45) is 2.50. The maximum atomic E-state index is 13.5. The van der Waals surface area contributed by atoms with Crippen molar-refractivity contribution < 1.29 is 23.1 Å². The summed E-state index contributed by atoms with van der Waals surface area (Å²) in [6, 6.07) is 4.28. The fourth-order valence-electron chi connectivity index (χ4n) is 4.15. The Hall–Kier alpha value is -2.12. The molecule has 0 bridgehead atoms. The van der Waals surface area contributed by atoms with Gasteiger partial charge in [-0.1, -0.05) is 25.2 Å². The largest absolute Gasteiger partial charge is 0.487 e. The maximum absolute atomic E-state index is 13.5. The van der Waals surface area contributed by atoms with Crippen LogP contribution in [-0.2, 0) is 14.8 Å².